The van der Waals surface area contributed by atoms with Crippen LogP contribution in [0.2, 0.25) is 35.7 Å². The minimum absolute atomic E-state index is 0.0305. The minimum atomic E-state index is -0.528. The number of halogens is 7. The maximum absolute atomic E-state index is 12.5. The molecule has 0 aliphatic carbocycles. The number of aromatic nitrogens is 2. The number of carbonyl (C=O) groups excluding carboxylic acids is 2. The number of hydrogen-bond acceptors (Lipinski definition) is 4. The van der Waals surface area contributed by atoms with Crippen LogP contribution in [0.5, 0.6) is 0 Å². The van der Waals surface area contributed by atoms with E-state index in [-0.39, 0.29) is 59.6 Å². The van der Waals surface area contributed by atoms with Crippen LogP contribution in [-0.4, -0.2) is 21.5 Å². The fourth-order valence-corrected chi connectivity index (χ4v) is 3.75. The third kappa shape index (κ3) is 4.39. The van der Waals surface area contributed by atoms with Gasteiger partial charge in [0.05, 0.1) is 20.6 Å². The van der Waals surface area contributed by atoms with Gasteiger partial charge in [-0.15, -0.1) is 0 Å². The minimum Gasteiger partial charge on any atom is -0.294 e. The molecule has 0 aliphatic rings. The van der Waals surface area contributed by atoms with E-state index >= 15 is 0 Å². The molecule has 11 heteroatoms. The molecule has 0 saturated carbocycles. The molecule has 0 aromatic carbocycles. The summed E-state index contributed by atoms with van der Waals surface area (Å²) in [6.07, 6.45) is -0.414. The van der Waals surface area contributed by atoms with Crippen LogP contribution in [-0.2, 0) is 0 Å². The second kappa shape index (κ2) is 8.78. The van der Waals surface area contributed by atoms with Crippen molar-refractivity contribution in [1.29, 1.82) is 0 Å². The van der Waals surface area contributed by atoms with Crippen molar-refractivity contribution in [3.05, 3.63) is 52.4 Å². The van der Waals surface area contributed by atoms with Gasteiger partial charge >= 0.3 is 0 Å². The maximum atomic E-state index is 12.5. The predicted molar refractivity (Wildman–Crippen MR) is 106 cm³/mol. The molecule has 2 aromatic heterocycles. The molecule has 0 amide bonds. The Bertz CT molecular complexity index is 803. The molecule has 0 radical (unpaired) electrons. The summed E-state index contributed by atoms with van der Waals surface area (Å²) in [6.45, 7) is 1.57. The number of carbonyl (C=O) groups is 2. The lowest BCUT2D eigenvalue weighted by Crippen LogP contribution is -2.10. The van der Waals surface area contributed by atoms with Crippen LogP contribution in [0.15, 0.2) is 0 Å². The molecule has 4 nitrogen and oxygen atoms in total. The van der Waals surface area contributed by atoms with Crippen molar-refractivity contribution in [3.8, 4) is 0 Å². The largest absolute Gasteiger partial charge is 0.294 e. The topological polar surface area (TPSA) is 59.9 Å². The van der Waals surface area contributed by atoms with Crippen molar-refractivity contribution in [3.63, 3.8) is 0 Å². The Hall–Kier alpha value is -0.330. The smallest absolute Gasteiger partial charge is 0.166 e. The first-order valence-electron chi connectivity index (χ1n) is 6.83. The van der Waals surface area contributed by atoms with Crippen LogP contribution in [0, 0.1) is 6.92 Å². The van der Waals surface area contributed by atoms with Crippen molar-refractivity contribution in [1.82, 2.24) is 9.97 Å². The molecule has 0 saturated heterocycles. The number of Topliss-reactive ketones (excluding diaryl/α,β-unsaturated/α-hetero) is 2. The van der Waals surface area contributed by atoms with Crippen LogP contribution in [0.4, 0.5) is 0 Å². The highest BCUT2D eigenvalue weighted by Crippen LogP contribution is 2.36. The van der Waals surface area contributed by atoms with Gasteiger partial charge in [-0.2, -0.15) is 0 Å². The highest BCUT2D eigenvalue weighted by molar-refractivity contribution is 6.49. The fourth-order valence-electron chi connectivity index (χ4n) is 2.13. The molecule has 0 unspecified atom stereocenters. The Kier molecular flexibility index (Phi) is 7.42. The summed E-state index contributed by atoms with van der Waals surface area (Å²) in [6, 6.07) is 0. The lowest BCUT2D eigenvalue weighted by atomic mass is 10.00. The maximum Gasteiger partial charge on any atom is 0.166 e. The van der Waals surface area contributed by atoms with Crippen LogP contribution in [0.1, 0.15) is 39.1 Å². The highest BCUT2D eigenvalue weighted by atomic mass is 35.5. The van der Waals surface area contributed by atoms with Crippen molar-refractivity contribution in [2.24, 2.45) is 0 Å². The van der Waals surface area contributed by atoms with E-state index < -0.39 is 11.6 Å². The van der Waals surface area contributed by atoms with Gasteiger partial charge in [0.2, 0.25) is 0 Å². The van der Waals surface area contributed by atoms with E-state index in [0.29, 0.717) is 5.56 Å². The zero-order valence-electron chi connectivity index (χ0n) is 12.8. The zero-order valence-corrected chi connectivity index (χ0v) is 18.1. The summed E-state index contributed by atoms with van der Waals surface area (Å²) in [7, 11) is 0. The Balaban J connectivity index is 2.28. The number of rotatable bonds is 5. The van der Waals surface area contributed by atoms with E-state index in [0.717, 1.165) is 0 Å². The van der Waals surface area contributed by atoms with E-state index in [1.54, 1.807) is 6.92 Å². The van der Waals surface area contributed by atoms with Crippen LogP contribution in [0.3, 0.4) is 0 Å². The molecule has 2 aromatic rings. The molecule has 0 spiro atoms. The molecule has 0 atom stereocenters. The number of ketones is 2. The van der Waals surface area contributed by atoms with Crippen molar-refractivity contribution in [2.75, 3.05) is 0 Å². The average molecular weight is 495 g/mol. The van der Waals surface area contributed by atoms with Gasteiger partial charge in [-0.05, 0) is 12.5 Å². The second-order valence-electron chi connectivity index (χ2n) is 5.05. The van der Waals surface area contributed by atoms with Crippen LogP contribution in [0.25, 0.3) is 0 Å². The third-order valence-electron chi connectivity index (χ3n) is 3.42. The monoisotopic (exact) mass is 492 g/mol. The Morgan fingerprint density at radius 2 is 1.00 bits per heavy atom. The van der Waals surface area contributed by atoms with Gasteiger partial charge in [0.25, 0.3) is 0 Å². The molecule has 2 rings (SSSR count). The lowest BCUT2D eigenvalue weighted by molar-refractivity contribution is 0.0917. The molecule has 0 bridgehead atoms. The van der Waals surface area contributed by atoms with Gasteiger partial charge in [0.15, 0.2) is 11.6 Å². The molecule has 0 aliphatic heterocycles. The normalized spacial score (nSPS) is 10.9. The summed E-state index contributed by atoms with van der Waals surface area (Å²) in [4.78, 5) is 32.5. The highest BCUT2D eigenvalue weighted by Gasteiger charge is 2.24. The van der Waals surface area contributed by atoms with Crippen LogP contribution < -0.4 is 0 Å². The average Bonchev–Trinajstić information content (AvgIpc) is 2.57. The van der Waals surface area contributed by atoms with E-state index in [9.17, 15) is 9.59 Å². The van der Waals surface area contributed by atoms with Gasteiger partial charge in [-0.25, -0.2) is 9.97 Å². The lowest BCUT2D eigenvalue weighted by Gasteiger charge is -2.11. The summed E-state index contributed by atoms with van der Waals surface area (Å²) in [5, 5.41) is -0.684. The molecular weight excluding hydrogens is 488 g/mol. The zero-order chi connectivity index (χ0) is 19.8. The Morgan fingerprint density at radius 3 is 1.46 bits per heavy atom. The standard InChI is InChI=1S/C15H7Cl7N2O2/c1-4-7(9(16)13(20)23-12(4)19)5(25)2-3-6(26)8-10(17)14(21)24-15(22)11(8)18/h2-3H2,1H3. The van der Waals surface area contributed by atoms with Crippen molar-refractivity contribution >= 4 is 92.8 Å². The van der Waals surface area contributed by atoms with E-state index in [2.05, 4.69) is 9.97 Å². The van der Waals surface area contributed by atoms with Crippen molar-refractivity contribution in [2.45, 2.75) is 19.8 Å². The molecular formula is C15H7Cl7N2O2. The van der Waals surface area contributed by atoms with Gasteiger partial charge in [0, 0.05) is 18.4 Å². The number of nitrogens with zero attached hydrogens (tertiary/aromatic N) is 2. The summed E-state index contributed by atoms with van der Waals surface area (Å²) in [5.41, 5.74) is 0.372. The van der Waals surface area contributed by atoms with Gasteiger partial charge in [-0.1, -0.05) is 81.2 Å². The van der Waals surface area contributed by atoms with Crippen molar-refractivity contribution < 1.29 is 9.59 Å². The quantitative estimate of drug-likeness (QED) is 0.325. The summed E-state index contributed by atoms with van der Waals surface area (Å²) >= 11 is 41.4. The van der Waals surface area contributed by atoms with E-state index in [1.807, 2.05) is 0 Å². The Labute approximate surface area is 183 Å². The van der Waals surface area contributed by atoms with Gasteiger partial charge < -0.3 is 0 Å². The number of hydrogen-bond donors (Lipinski definition) is 0. The third-order valence-corrected chi connectivity index (χ3v) is 6.00. The number of pyridine rings is 2. The summed E-state index contributed by atoms with van der Waals surface area (Å²) in [5.74, 6) is -0.967. The predicted octanol–water partition coefficient (Wildman–Crippen LogP) is 7.20. The van der Waals surface area contributed by atoms with Gasteiger partial charge in [0.1, 0.15) is 20.6 Å². The van der Waals surface area contributed by atoms with Crippen LogP contribution >= 0.6 is 81.2 Å². The molecule has 0 fully saturated rings. The van der Waals surface area contributed by atoms with Gasteiger partial charge in [-0.3, -0.25) is 9.59 Å². The first kappa shape index (κ1) is 22.0. The molecule has 138 valence electrons. The molecule has 0 N–H and O–H groups in total. The fraction of sp³-hybridized carbons (Fsp3) is 0.200. The first-order chi connectivity index (χ1) is 12.1. The van der Waals surface area contributed by atoms with E-state index in [4.69, 9.17) is 81.2 Å². The summed E-state index contributed by atoms with van der Waals surface area (Å²) < 4.78 is 0. The van der Waals surface area contributed by atoms with E-state index in [1.165, 1.54) is 0 Å². The molecule has 2 heterocycles. The first-order valence-corrected chi connectivity index (χ1v) is 9.48. The SMILES string of the molecule is Cc1c(Cl)nc(Cl)c(Cl)c1C(=O)CCC(=O)c1c(Cl)c(Cl)nc(Cl)c1Cl. The Morgan fingerprint density at radius 1 is 0.654 bits per heavy atom. The molecule has 26 heavy (non-hydrogen) atoms. The second-order valence-corrected chi connectivity index (χ2v) is 7.62.